The lowest BCUT2D eigenvalue weighted by molar-refractivity contribution is -0.123. The number of carbonyl (C=O) groups is 1. The van der Waals surface area contributed by atoms with Crippen molar-refractivity contribution in [1.29, 1.82) is 0 Å². The van der Waals surface area contributed by atoms with E-state index in [0.29, 0.717) is 16.3 Å². The first-order chi connectivity index (χ1) is 13.4. The molecular formula is C18H18ClF3N2O4S. The van der Waals surface area contributed by atoms with E-state index in [0.717, 1.165) is 28.6 Å². The predicted octanol–water partition coefficient (Wildman–Crippen LogP) is 3.46. The van der Waals surface area contributed by atoms with Crippen LogP contribution in [-0.2, 0) is 16.6 Å². The summed E-state index contributed by atoms with van der Waals surface area (Å²) in [7, 11) is -1.12. The fourth-order valence-electron chi connectivity index (χ4n) is 2.44. The Morgan fingerprint density at radius 2 is 1.79 bits per heavy atom. The van der Waals surface area contributed by atoms with Crippen LogP contribution in [0.25, 0.3) is 0 Å². The van der Waals surface area contributed by atoms with Gasteiger partial charge in [-0.3, -0.25) is 4.79 Å². The van der Waals surface area contributed by atoms with Gasteiger partial charge in [-0.15, -0.1) is 0 Å². The van der Waals surface area contributed by atoms with Crippen LogP contribution in [0.4, 0.5) is 13.2 Å². The molecule has 1 N–H and O–H groups in total. The second-order valence-electron chi connectivity index (χ2n) is 6.04. The summed E-state index contributed by atoms with van der Waals surface area (Å²) in [4.78, 5) is 11.6. The van der Waals surface area contributed by atoms with E-state index in [1.165, 1.54) is 14.2 Å². The Morgan fingerprint density at radius 1 is 1.17 bits per heavy atom. The first-order valence-corrected chi connectivity index (χ1v) is 9.99. The van der Waals surface area contributed by atoms with Crippen LogP contribution in [0.2, 0.25) is 5.02 Å². The molecule has 0 aromatic heterocycles. The van der Waals surface area contributed by atoms with Gasteiger partial charge in [-0.2, -0.15) is 17.5 Å². The summed E-state index contributed by atoms with van der Waals surface area (Å²) in [6.07, 6.45) is -4.54. The molecule has 0 radical (unpaired) electrons. The number of hydrogen-bond acceptors (Lipinski definition) is 4. The molecule has 0 bridgehead atoms. The van der Waals surface area contributed by atoms with Crippen LogP contribution in [0.3, 0.4) is 0 Å². The van der Waals surface area contributed by atoms with Gasteiger partial charge in [0.2, 0.25) is 10.0 Å². The van der Waals surface area contributed by atoms with Gasteiger partial charge < -0.3 is 10.1 Å². The Hall–Kier alpha value is -2.30. The van der Waals surface area contributed by atoms with Crippen molar-refractivity contribution in [2.45, 2.75) is 17.6 Å². The minimum atomic E-state index is -4.54. The van der Waals surface area contributed by atoms with Crippen LogP contribution in [0.15, 0.2) is 47.4 Å². The Labute approximate surface area is 171 Å². The van der Waals surface area contributed by atoms with Gasteiger partial charge in [0.15, 0.2) is 0 Å². The normalized spacial score (nSPS) is 12.1. The van der Waals surface area contributed by atoms with E-state index in [9.17, 15) is 26.4 Å². The molecule has 0 atom stereocenters. The summed E-state index contributed by atoms with van der Waals surface area (Å²) in [6.45, 7) is -1.50. The Morgan fingerprint density at radius 3 is 2.34 bits per heavy atom. The topological polar surface area (TPSA) is 75.7 Å². The van der Waals surface area contributed by atoms with Crippen LogP contribution in [0.5, 0.6) is 5.75 Å². The molecule has 0 aliphatic rings. The molecule has 2 rings (SSSR count). The van der Waals surface area contributed by atoms with Crippen LogP contribution >= 0.6 is 11.6 Å². The molecule has 0 aliphatic carbocycles. The van der Waals surface area contributed by atoms with Gasteiger partial charge in [-0.05, 0) is 42.5 Å². The number of carbonyl (C=O) groups excluding carboxylic acids is 1. The van der Waals surface area contributed by atoms with Gasteiger partial charge in [0.1, 0.15) is 12.3 Å². The molecule has 0 fully saturated rings. The number of ether oxygens (including phenoxy) is 1. The van der Waals surface area contributed by atoms with Crippen molar-refractivity contribution in [2.75, 3.05) is 20.7 Å². The molecule has 0 heterocycles. The van der Waals surface area contributed by atoms with Crippen molar-refractivity contribution in [2.24, 2.45) is 0 Å². The summed E-state index contributed by atoms with van der Waals surface area (Å²) in [5.74, 6) is -0.489. The van der Waals surface area contributed by atoms with Crippen LogP contribution < -0.4 is 10.1 Å². The average molecular weight is 451 g/mol. The summed E-state index contributed by atoms with van der Waals surface area (Å²) in [5, 5.41) is 2.14. The van der Waals surface area contributed by atoms with Crippen molar-refractivity contribution >= 4 is 27.5 Å². The Balaban J connectivity index is 2.16. The first-order valence-electron chi connectivity index (χ1n) is 8.18. The number of halogens is 4. The van der Waals surface area contributed by atoms with Gasteiger partial charge in [-0.1, -0.05) is 11.6 Å². The van der Waals surface area contributed by atoms with E-state index < -0.39 is 28.7 Å². The van der Waals surface area contributed by atoms with Crippen LogP contribution in [0, 0.1) is 0 Å². The number of alkyl halides is 3. The molecule has 11 heteroatoms. The Kier molecular flexibility index (Phi) is 7.15. The lowest BCUT2D eigenvalue weighted by Gasteiger charge is -2.19. The minimum Gasteiger partial charge on any atom is -0.496 e. The maximum absolute atomic E-state index is 12.8. The number of amides is 1. The van der Waals surface area contributed by atoms with Gasteiger partial charge in [-0.25, -0.2) is 8.42 Å². The zero-order chi connectivity index (χ0) is 21.8. The molecule has 0 saturated carbocycles. The smallest absolute Gasteiger partial charge is 0.405 e. The minimum absolute atomic E-state index is 0.0279. The first kappa shape index (κ1) is 23.0. The molecule has 0 saturated heterocycles. The summed E-state index contributed by atoms with van der Waals surface area (Å²) < 4.78 is 68.3. The molecule has 158 valence electrons. The third-order valence-electron chi connectivity index (χ3n) is 3.91. The van der Waals surface area contributed by atoms with Gasteiger partial charge >= 0.3 is 6.18 Å². The molecule has 0 aliphatic heterocycles. The van der Waals surface area contributed by atoms with Crippen molar-refractivity contribution in [3.05, 3.63) is 58.6 Å². The van der Waals surface area contributed by atoms with E-state index in [1.807, 2.05) is 0 Å². The second kappa shape index (κ2) is 9.02. The Bertz CT molecular complexity index is 980. The lowest BCUT2D eigenvalue weighted by Crippen LogP contribution is -2.33. The highest BCUT2D eigenvalue weighted by Crippen LogP contribution is 2.26. The number of methoxy groups -OCH3 is 1. The van der Waals surface area contributed by atoms with Gasteiger partial charge in [0, 0.05) is 29.7 Å². The number of hydrogen-bond donors (Lipinski definition) is 1. The highest BCUT2D eigenvalue weighted by molar-refractivity contribution is 7.89. The van der Waals surface area contributed by atoms with E-state index in [4.69, 9.17) is 16.3 Å². The van der Waals surface area contributed by atoms with E-state index >= 15 is 0 Å². The van der Waals surface area contributed by atoms with Crippen LogP contribution in [-0.4, -0.2) is 45.5 Å². The fraction of sp³-hybridized carbons (Fsp3) is 0.278. The summed E-state index contributed by atoms with van der Waals surface area (Å²) in [6, 6.07) is 9.42. The molecule has 6 nitrogen and oxygen atoms in total. The quantitative estimate of drug-likeness (QED) is 0.701. The number of nitrogens with one attached hydrogen (secondary N) is 1. The van der Waals surface area contributed by atoms with Crippen molar-refractivity contribution in [1.82, 2.24) is 9.62 Å². The van der Waals surface area contributed by atoms with Crippen LogP contribution in [0.1, 0.15) is 15.9 Å². The standard InChI is InChI=1S/C18H18ClF3N2O4S/c1-24(10-13-9-14(19)5-8-16(13)28-2)29(26,27)15-6-3-12(4-7-15)17(25)23-11-18(20,21)22/h3-9H,10-11H2,1-2H3,(H,23,25). The maximum atomic E-state index is 12.8. The van der Waals surface area contributed by atoms with Crippen molar-refractivity contribution in [3.63, 3.8) is 0 Å². The third-order valence-corrected chi connectivity index (χ3v) is 5.96. The maximum Gasteiger partial charge on any atom is 0.405 e. The molecule has 1 amide bonds. The van der Waals surface area contributed by atoms with Crippen molar-refractivity contribution in [3.8, 4) is 5.75 Å². The number of benzene rings is 2. The molecule has 0 spiro atoms. The molecule has 2 aromatic carbocycles. The summed E-state index contributed by atoms with van der Waals surface area (Å²) in [5.41, 5.74) is 0.460. The lowest BCUT2D eigenvalue weighted by atomic mass is 10.2. The predicted molar refractivity (Wildman–Crippen MR) is 101 cm³/mol. The van der Waals surface area contributed by atoms with Gasteiger partial charge in [0.25, 0.3) is 5.91 Å². The zero-order valence-electron chi connectivity index (χ0n) is 15.5. The highest BCUT2D eigenvalue weighted by Gasteiger charge is 2.28. The zero-order valence-corrected chi connectivity index (χ0v) is 17.0. The summed E-state index contributed by atoms with van der Waals surface area (Å²) >= 11 is 5.96. The number of rotatable bonds is 7. The second-order valence-corrected chi connectivity index (χ2v) is 8.52. The molecule has 29 heavy (non-hydrogen) atoms. The molecule has 0 unspecified atom stereocenters. The van der Waals surface area contributed by atoms with E-state index in [1.54, 1.807) is 23.5 Å². The molecule has 2 aromatic rings. The third kappa shape index (κ3) is 6.09. The van der Waals surface area contributed by atoms with E-state index in [-0.39, 0.29) is 17.0 Å². The largest absolute Gasteiger partial charge is 0.496 e. The number of nitrogens with zero attached hydrogens (tertiary/aromatic N) is 1. The average Bonchev–Trinajstić information content (AvgIpc) is 2.65. The van der Waals surface area contributed by atoms with Crippen molar-refractivity contribution < 1.29 is 31.1 Å². The van der Waals surface area contributed by atoms with E-state index in [2.05, 4.69) is 0 Å². The monoisotopic (exact) mass is 450 g/mol. The number of sulfonamides is 1. The molecular weight excluding hydrogens is 433 g/mol. The fourth-order valence-corrected chi connectivity index (χ4v) is 3.78. The van der Waals surface area contributed by atoms with Gasteiger partial charge in [0.05, 0.1) is 12.0 Å². The SMILES string of the molecule is COc1ccc(Cl)cc1CN(C)S(=O)(=O)c1ccc(C(=O)NCC(F)(F)F)cc1. The highest BCUT2D eigenvalue weighted by atomic mass is 35.5.